The Balaban J connectivity index is 2.72. The molecular formula is C5H7NO. The van der Waals surface area contributed by atoms with Gasteiger partial charge in [0, 0.05) is 0 Å². The van der Waals surface area contributed by atoms with Crippen LogP contribution in [0.25, 0.3) is 0 Å². The van der Waals surface area contributed by atoms with Crippen LogP contribution < -0.4 is 0 Å². The summed E-state index contributed by atoms with van der Waals surface area (Å²) in [5, 5.41) is 7.88. The predicted octanol–water partition coefficient (Wildman–Crippen LogP) is 0.713. The highest BCUT2D eigenvalue weighted by Crippen LogP contribution is 1.69. The first-order chi connectivity index (χ1) is 3.41. The van der Waals surface area contributed by atoms with E-state index >= 15 is 0 Å². The minimum atomic E-state index is 0.159. The summed E-state index contributed by atoms with van der Waals surface area (Å²) in [6.07, 6.45) is 1.61. The number of hydrogen-bond acceptors (Lipinski definition) is 2. The van der Waals surface area contributed by atoms with E-state index < -0.39 is 0 Å². The molecule has 0 atom stereocenters. The Morgan fingerprint density at radius 2 is 2.57 bits per heavy atom. The maximum absolute atomic E-state index is 7.88. The van der Waals surface area contributed by atoms with Gasteiger partial charge in [-0.1, -0.05) is 6.08 Å². The molecule has 0 aromatic carbocycles. The van der Waals surface area contributed by atoms with Crippen LogP contribution in [0.1, 0.15) is 0 Å². The Bertz CT molecular complexity index is 82.6. The molecule has 0 bridgehead atoms. The quantitative estimate of drug-likeness (QED) is 0.384. The molecule has 0 aromatic heterocycles. The minimum Gasteiger partial charge on any atom is -0.362 e. The van der Waals surface area contributed by atoms with Crippen LogP contribution in [0.2, 0.25) is 0 Å². The van der Waals surface area contributed by atoms with Crippen molar-refractivity contribution < 1.29 is 4.74 Å². The van der Waals surface area contributed by atoms with Crippen molar-refractivity contribution in [2.24, 2.45) is 0 Å². The molecule has 0 N–H and O–H groups in total. The lowest BCUT2D eigenvalue weighted by Gasteiger charge is -1.86. The first kappa shape index (κ1) is 6.19. The van der Waals surface area contributed by atoms with Crippen molar-refractivity contribution in [3.05, 3.63) is 12.7 Å². The van der Waals surface area contributed by atoms with E-state index in [4.69, 9.17) is 5.26 Å². The van der Waals surface area contributed by atoms with Crippen LogP contribution in [-0.2, 0) is 4.74 Å². The van der Waals surface area contributed by atoms with Crippen molar-refractivity contribution in [1.82, 2.24) is 0 Å². The van der Waals surface area contributed by atoms with Crippen LogP contribution in [0.3, 0.4) is 0 Å². The first-order valence-corrected chi connectivity index (χ1v) is 1.97. The van der Waals surface area contributed by atoms with E-state index in [1.54, 1.807) is 6.08 Å². The van der Waals surface area contributed by atoms with Crippen molar-refractivity contribution in [2.75, 3.05) is 13.2 Å². The van der Waals surface area contributed by atoms with Gasteiger partial charge >= 0.3 is 0 Å². The second kappa shape index (κ2) is 5.19. The summed E-state index contributed by atoms with van der Waals surface area (Å²) in [4.78, 5) is 0. The third kappa shape index (κ3) is 5.19. The van der Waals surface area contributed by atoms with Gasteiger partial charge in [-0.05, 0) is 0 Å². The summed E-state index contributed by atoms with van der Waals surface area (Å²) in [5.74, 6) is 0. The van der Waals surface area contributed by atoms with Crippen LogP contribution in [0, 0.1) is 11.3 Å². The zero-order chi connectivity index (χ0) is 5.54. The molecule has 0 aliphatic rings. The van der Waals surface area contributed by atoms with Crippen molar-refractivity contribution in [2.45, 2.75) is 0 Å². The smallest absolute Gasteiger partial charge is 0.134 e. The molecule has 0 amide bonds. The van der Waals surface area contributed by atoms with E-state index in [1.165, 1.54) is 0 Å². The highest BCUT2D eigenvalue weighted by Gasteiger charge is 1.73. The Labute approximate surface area is 43.0 Å². The monoisotopic (exact) mass is 97.1 g/mol. The molecule has 0 saturated carbocycles. The van der Waals surface area contributed by atoms with Gasteiger partial charge in [0.15, 0.2) is 0 Å². The fourth-order valence-electron chi connectivity index (χ4n) is 0.188. The second-order valence-electron chi connectivity index (χ2n) is 0.962. The summed E-state index contributed by atoms with van der Waals surface area (Å²) in [6, 6.07) is 1.83. The van der Waals surface area contributed by atoms with Crippen molar-refractivity contribution in [3.63, 3.8) is 0 Å². The fraction of sp³-hybridized carbons (Fsp3) is 0.400. The fourth-order valence-corrected chi connectivity index (χ4v) is 0.188. The lowest BCUT2D eigenvalue weighted by atomic mass is 10.7. The second-order valence-corrected chi connectivity index (χ2v) is 0.962. The molecule has 0 radical (unpaired) electrons. The number of rotatable bonds is 3. The van der Waals surface area contributed by atoms with Gasteiger partial charge in [-0.25, -0.2) is 0 Å². The van der Waals surface area contributed by atoms with Gasteiger partial charge in [-0.2, -0.15) is 5.26 Å². The largest absolute Gasteiger partial charge is 0.362 e. The minimum absolute atomic E-state index is 0.159. The van der Waals surface area contributed by atoms with Crippen LogP contribution in [0.4, 0.5) is 0 Å². The Hall–Kier alpha value is -0.810. The number of ether oxygens (including phenoxy) is 1. The first-order valence-electron chi connectivity index (χ1n) is 1.97. The van der Waals surface area contributed by atoms with Gasteiger partial charge in [0.25, 0.3) is 0 Å². The molecule has 0 heterocycles. The molecule has 2 nitrogen and oxygen atoms in total. The highest BCUT2D eigenvalue weighted by atomic mass is 16.5. The van der Waals surface area contributed by atoms with E-state index in [1.807, 2.05) is 6.07 Å². The van der Waals surface area contributed by atoms with Crippen LogP contribution in [0.15, 0.2) is 12.7 Å². The van der Waals surface area contributed by atoms with Gasteiger partial charge < -0.3 is 4.74 Å². The Morgan fingerprint density at radius 3 is 3.00 bits per heavy atom. The normalized spacial score (nSPS) is 7.29. The maximum Gasteiger partial charge on any atom is 0.134 e. The molecule has 0 fully saturated rings. The number of nitrogens with zero attached hydrogens (tertiary/aromatic N) is 1. The van der Waals surface area contributed by atoms with Gasteiger partial charge in [-0.3, -0.25) is 0 Å². The van der Waals surface area contributed by atoms with E-state index in [0.29, 0.717) is 6.61 Å². The number of nitriles is 1. The van der Waals surface area contributed by atoms with Crippen LogP contribution >= 0.6 is 0 Å². The molecule has 0 aromatic rings. The summed E-state index contributed by atoms with van der Waals surface area (Å²) in [6.45, 7) is 4.02. The predicted molar refractivity (Wildman–Crippen MR) is 26.6 cm³/mol. The SMILES string of the molecule is C=CCOCC#N. The van der Waals surface area contributed by atoms with Crippen molar-refractivity contribution in [3.8, 4) is 6.07 Å². The third-order valence-corrected chi connectivity index (χ3v) is 0.402. The summed E-state index contributed by atoms with van der Waals surface area (Å²) in [5.41, 5.74) is 0. The third-order valence-electron chi connectivity index (χ3n) is 0.402. The van der Waals surface area contributed by atoms with Gasteiger partial charge in [0.2, 0.25) is 0 Å². The molecule has 0 aliphatic carbocycles. The van der Waals surface area contributed by atoms with Gasteiger partial charge in [0.1, 0.15) is 6.61 Å². The Kier molecular flexibility index (Phi) is 4.59. The molecule has 2 heteroatoms. The van der Waals surface area contributed by atoms with Crippen LogP contribution in [-0.4, -0.2) is 13.2 Å². The van der Waals surface area contributed by atoms with Gasteiger partial charge in [0.05, 0.1) is 12.7 Å². The molecule has 7 heavy (non-hydrogen) atoms. The summed E-state index contributed by atoms with van der Waals surface area (Å²) >= 11 is 0. The highest BCUT2D eigenvalue weighted by molar-refractivity contribution is 4.70. The molecule has 38 valence electrons. The van der Waals surface area contributed by atoms with E-state index in [9.17, 15) is 0 Å². The maximum atomic E-state index is 7.88. The lowest BCUT2D eigenvalue weighted by molar-refractivity contribution is 0.198. The average molecular weight is 97.1 g/mol. The average Bonchev–Trinajstić information content (AvgIpc) is 1.69. The van der Waals surface area contributed by atoms with E-state index in [0.717, 1.165) is 0 Å². The molecule has 0 unspecified atom stereocenters. The standard InChI is InChI=1S/C5H7NO/c1-2-4-7-5-3-6/h2H,1,4-5H2. The molecule has 0 spiro atoms. The topological polar surface area (TPSA) is 33.0 Å². The molecular weight excluding hydrogens is 90.1 g/mol. The van der Waals surface area contributed by atoms with Crippen molar-refractivity contribution >= 4 is 0 Å². The van der Waals surface area contributed by atoms with Crippen LogP contribution in [0.5, 0.6) is 0 Å². The molecule has 0 rings (SSSR count). The van der Waals surface area contributed by atoms with Gasteiger partial charge in [-0.15, -0.1) is 6.58 Å². The Morgan fingerprint density at radius 1 is 1.86 bits per heavy atom. The van der Waals surface area contributed by atoms with E-state index in [-0.39, 0.29) is 6.61 Å². The number of hydrogen-bond donors (Lipinski definition) is 0. The summed E-state index contributed by atoms with van der Waals surface area (Å²) in [7, 11) is 0. The van der Waals surface area contributed by atoms with Crippen molar-refractivity contribution in [1.29, 1.82) is 5.26 Å². The lowest BCUT2D eigenvalue weighted by Crippen LogP contribution is -1.88. The molecule has 0 saturated heterocycles. The molecule has 0 aliphatic heterocycles. The summed E-state index contributed by atoms with van der Waals surface area (Å²) < 4.78 is 4.65. The zero-order valence-electron chi connectivity index (χ0n) is 4.05. The zero-order valence-corrected chi connectivity index (χ0v) is 4.05. The van der Waals surface area contributed by atoms with E-state index in [2.05, 4.69) is 11.3 Å².